The van der Waals surface area contributed by atoms with Gasteiger partial charge in [-0.3, -0.25) is 4.72 Å². The molecule has 0 saturated heterocycles. The summed E-state index contributed by atoms with van der Waals surface area (Å²) in [5.74, 6) is 0. The van der Waals surface area contributed by atoms with Gasteiger partial charge in [-0.15, -0.1) is 0 Å². The number of fused-ring (bicyclic) bond motifs is 1. The predicted octanol–water partition coefficient (Wildman–Crippen LogP) is 1.57. The molecular formula is C12H14N4O2S. The fourth-order valence-electron chi connectivity index (χ4n) is 2.20. The van der Waals surface area contributed by atoms with Crippen LogP contribution in [-0.4, -0.2) is 24.9 Å². The Labute approximate surface area is 111 Å². The highest BCUT2D eigenvalue weighted by atomic mass is 32.2. The van der Waals surface area contributed by atoms with Crippen LogP contribution >= 0.6 is 0 Å². The van der Waals surface area contributed by atoms with Gasteiger partial charge in [0, 0.05) is 12.2 Å². The molecule has 0 unspecified atom stereocenters. The summed E-state index contributed by atoms with van der Waals surface area (Å²) in [6.45, 7) is 0.920. The van der Waals surface area contributed by atoms with Crippen LogP contribution in [0.5, 0.6) is 0 Å². The predicted molar refractivity (Wildman–Crippen MR) is 72.6 cm³/mol. The zero-order valence-electron chi connectivity index (χ0n) is 10.2. The van der Waals surface area contributed by atoms with Gasteiger partial charge in [-0.1, -0.05) is 6.07 Å². The van der Waals surface area contributed by atoms with Gasteiger partial charge in [0.2, 0.25) is 0 Å². The summed E-state index contributed by atoms with van der Waals surface area (Å²) in [6, 6.07) is 5.57. The molecule has 0 bridgehead atoms. The molecule has 0 saturated carbocycles. The molecule has 1 aliphatic heterocycles. The van der Waals surface area contributed by atoms with E-state index >= 15 is 0 Å². The molecule has 1 aromatic heterocycles. The highest BCUT2D eigenvalue weighted by Crippen LogP contribution is 2.30. The third kappa shape index (κ3) is 2.28. The molecule has 3 rings (SSSR count). The number of sulfonamides is 1. The summed E-state index contributed by atoms with van der Waals surface area (Å²) < 4.78 is 26.9. The van der Waals surface area contributed by atoms with Crippen molar-refractivity contribution in [3.63, 3.8) is 0 Å². The van der Waals surface area contributed by atoms with E-state index in [0.29, 0.717) is 5.69 Å². The Hall–Kier alpha value is -2.02. The van der Waals surface area contributed by atoms with Crippen LogP contribution in [0.25, 0.3) is 0 Å². The SMILES string of the molecule is O=S(=O)(Nc1cccc2c1CCCN2)c1cnc[nH]1. The van der Waals surface area contributed by atoms with E-state index in [1.165, 1.54) is 12.5 Å². The van der Waals surface area contributed by atoms with Crippen LogP contribution in [0.3, 0.4) is 0 Å². The lowest BCUT2D eigenvalue weighted by molar-refractivity contribution is 0.598. The zero-order valence-corrected chi connectivity index (χ0v) is 11.0. The minimum Gasteiger partial charge on any atom is -0.385 e. The van der Waals surface area contributed by atoms with Crippen LogP contribution in [0.2, 0.25) is 0 Å². The van der Waals surface area contributed by atoms with E-state index in [9.17, 15) is 8.42 Å². The van der Waals surface area contributed by atoms with Crippen LogP contribution in [0.1, 0.15) is 12.0 Å². The molecule has 0 amide bonds. The smallest absolute Gasteiger partial charge is 0.278 e. The average molecular weight is 278 g/mol. The number of benzene rings is 1. The first-order chi connectivity index (χ1) is 9.17. The molecule has 19 heavy (non-hydrogen) atoms. The number of H-pyrrole nitrogens is 1. The fourth-order valence-corrected chi connectivity index (χ4v) is 3.19. The molecule has 2 heterocycles. The zero-order chi connectivity index (χ0) is 13.3. The Kier molecular flexibility index (Phi) is 2.90. The van der Waals surface area contributed by atoms with Crippen molar-refractivity contribution in [3.8, 4) is 0 Å². The van der Waals surface area contributed by atoms with Gasteiger partial charge in [0.15, 0.2) is 5.03 Å². The van der Waals surface area contributed by atoms with E-state index in [2.05, 4.69) is 20.0 Å². The van der Waals surface area contributed by atoms with Crippen molar-refractivity contribution in [2.45, 2.75) is 17.9 Å². The van der Waals surface area contributed by atoms with E-state index in [1.54, 1.807) is 6.07 Å². The summed E-state index contributed by atoms with van der Waals surface area (Å²) in [6.07, 6.45) is 4.49. The lowest BCUT2D eigenvalue weighted by Gasteiger charge is -2.21. The second-order valence-corrected chi connectivity index (χ2v) is 6.03. The first kappa shape index (κ1) is 12.0. The van der Waals surface area contributed by atoms with Gasteiger partial charge >= 0.3 is 0 Å². The Morgan fingerprint density at radius 1 is 1.32 bits per heavy atom. The van der Waals surface area contributed by atoms with Crippen molar-refractivity contribution in [1.29, 1.82) is 0 Å². The van der Waals surface area contributed by atoms with E-state index in [-0.39, 0.29) is 5.03 Å². The first-order valence-electron chi connectivity index (χ1n) is 6.04. The van der Waals surface area contributed by atoms with Crippen molar-refractivity contribution >= 4 is 21.4 Å². The average Bonchev–Trinajstić information content (AvgIpc) is 2.93. The third-order valence-electron chi connectivity index (χ3n) is 3.10. The Bertz CT molecular complexity index is 680. The van der Waals surface area contributed by atoms with Crippen molar-refractivity contribution in [2.75, 3.05) is 16.6 Å². The molecule has 1 aromatic carbocycles. The molecule has 0 fully saturated rings. The second-order valence-electron chi connectivity index (χ2n) is 4.38. The maximum absolute atomic E-state index is 12.1. The molecule has 0 atom stereocenters. The van der Waals surface area contributed by atoms with E-state index in [1.807, 2.05) is 12.1 Å². The van der Waals surface area contributed by atoms with Gasteiger partial charge in [-0.05, 0) is 30.5 Å². The number of rotatable bonds is 3. The van der Waals surface area contributed by atoms with Crippen molar-refractivity contribution in [1.82, 2.24) is 9.97 Å². The number of aromatic nitrogens is 2. The largest absolute Gasteiger partial charge is 0.385 e. The quantitative estimate of drug-likeness (QED) is 0.795. The normalized spacial score (nSPS) is 14.5. The van der Waals surface area contributed by atoms with Gasteiger partial charge in [0.05, 0.1) is 18.2 Å². The summed E-state index contributed by atoms with van der Waals surface area (Å²) >= 11 is 0. The summed E-state index contributed by atoms with van der Waals surface area (Å²) in [5.41, 5.74) is 2.63. The van der Waals surface area contributed by atoms with Gasteiger partial charge in [-0.2, -0.15) is 8.42 Å². The maximum Gasteiger partial charge on any atom is 0.278 e. The fraction of sp³-hybridized carbons (Fsp3) is 0.250. The minimum absolute atomic E-state index is 0.0638. The van der Waals surface area contributed by atoms with Gasteiger partial charge in [-0.25, -0.2) is 4.98 Å². The van der Waals surface area contributed by atoms with Crippen LogP contribution in [0, 0.1) is 0 Å². The summed E-state index contributed by atoms with van der Waals surface area (Å²) in [4.78, 5) is 6.33. The van der Waals surface area contributed by atoms with Crippen LogP contribution in [-0.2, 0) is 16.4 Å². The van der Waals surface area contributed by atoms with Crippen LogP contribution in [0.15, 0.2) is 35.7 Å². The Morgan fingerprint density at radius 2 is 2.21 bits per heavy atom. The second kappa shape index (κ2) is 4.58. The molecule has 2 aromatic rings. The third-order valence-corrected chi connectivity index (χ3v) is 4.39. The van der Waals surface area contributed by atoms with Crippen molar-refractivity contribution < 1.29 is 8.42 Å². The molecule has 3 N–H and O–H groups in total. The number of nitrogens with one attached hydrogen (secondary N) is 3. The van der Waals surface area contributed by atoms with Crippen LogP contribution < -0.4 is 10.0 Å². The van der Waals surface area contributed by atoms with Gasteiger partial charge < -0.3 is 10.3 Å². The Balaban J connectivity index is 1.96. The van der Waals surface area contributed by atoms with Crippen LogP contribution in [0.4, 0.5) is 11.4 Å². The first-order valence-corrected chi connectivity index (χ1v) is 7.52. The summed E-state index contributed by atoms with van der Waals surface area (Å²) in [5, 5.41) is 3.33. The lowest BCUT2D eigenvalue weighted by Crippen LogP contribution is -2.18. The monoisotopic (exact) mass is 278 g/mol. The molecule has 1 aliphatic rings. The molecule has 6 nitrogen and oxygen atoms in total. The molecule has 0 spiro atoms. The number of hydrogen-bond acceptors (Lipinski definition) is 4. The molecular weight excluding hydrogens is 264 g/mol. The molecule has 100 valence electrons. The van der Waals surface area contributed by atoms with E-state index in [0.717, 1.165) is 30.6 Å². The van der Waals surface area contributed by atoms with Crippen molar-refractivity contribution in [2.24, 2.45) is 0 Å². The lowest BCUT2D eigenvalue weighted by atomic mass is 10.0. The summed E-state index contributed by atoms with van der Waals surface area (Å²) in [7, 11) is -3.60. The standard InChI is InChI=1S/C12H14N4O2S/c17-19(18,12-7-13-8-15-12)16-11-5-1-4-10-9(11)3-2-6-14-10/h1,4-5,7-8,14,16H,2-3,6H2,(H,13,15). The highest BCUT2D eigenvalue weighted by molar-refractivity contribution is 7.92. The Morgan fingerprint density at radius 3 is 3.00 bits per heavy atom. The van der Waals surface area contributed by atoms with Gasteiger partial charge in [0.1, 0.15) is 0 Å². The van der Waals surface area contributed by atoms with E-state index < -0.39 is 10.0 Å². The van der Waals surface area contributed by atoms with Gasteiger partial charge in [0.25, 0.3) is 10.0 Å². The van der Waals surface area contributed by atoms with E-state index in [4.69, 9.17) is 0 Å². The number of nitrogens with zero attached hydrogens (tertiary/aromatic N) is 1. The number of aromatic amines is 1. The minimum atomic E-state index is -3.60. The maximum atomic E-state index is 12.1. The molecule has 0 aliphatic carbocycles. The number of hydrogen-bond donors (Lipinski definition) is 3. The highest BCUT2D eigenvalue weighted by Gasteiger charge is 2.19. The molecule has 0 radical (unpaired) electrons. The topological polar surface area (TPSA) is 86.9 Å². The van der Waals surface area contributed by atoms with Crippen molar-refractivity contribution in [3.05, 3.63) is 36.3 Å². The molecule has 7 heteroatoms. The number of anilines is 2. The number of imidazole rings is 1.